The third-order valence-corrected chi connectivity index (χ3v) is 7.36. The Morgan fingerprint density at radius 3 is 2.52 bits per heavy atom. The second-order valence-corrected chi connectivity index (χ2v) is 10.0. The van der Waals surface area contributed by atoms with Gasteiger partial charge in [0.05, 0.1) is 10.6 Å². The van der Waals surface area contributed by atoms with E-state index in [1.165, 1.54) is 10.4 Å². The van der Waals surface area contributed by atoms with Gasteiger partial charge in [0, 0.05) is 43.3 Å². The Balaban J connectivity index is 1.35. The molecule has 1 aromatic carbocycles. The minimum absolute atomic E-state index is 0.796. The lowest BCUT2D eigenvalue weighted by Crippen LogP contribution is -2.43. The first-order valence-electron chi connectivity index (χ1n) is 11.4. The number of likely N-dealkylation sites (N-methyl/N-ethyl adjacent to an activating group) is 1. The number of rotatable bonds is 6. The smallest absolute Gasteiger partial charge is 0.154 e. The predicted octanol–water partition coefficient (Wildman–Crippen LogP) is 5.21. The number of aromatic nitrogens is 3. The van der Waals surface area contributed by atoms with Crippen LogP contribution in [0.4, 0.5) is 11.5 Å². The van der Waals surface area contributed by atoms with E-state index in [9.17, 15) is 0 Å². The van der Waals surface area contributed by atoms with E-state index in [-0.39, 0.29) is 0 Å². The third-order valence-electron chi connectivity index (χ3n) is 6.29. The van der Waals surface area contributed by atoms with Gasteiger partial charge < -0.3 is 10.2 Å². The van der Waals surface area contributed by atoms with Crippen LogP contribution < -0.4 is 5.32 Å². The molecule has 3 aromatic heterocycles. The summed E-state index contributed by atoms with van der Waals surface area (Å²) in [4.78, 5) is 12.0. The van der Waals surface area contributed by atoms with Crippen molar-refractivity contribution in [3.05, 3.63) is 70.7 Å². The second-order valence-electron chi connectivity index (χ2n) is 8.76. The summed E-state index contributed by atoms with van der Waals surface area (Å²) in [7, 11) is 2.19. The molecule has 4 heterocycles. The van der Waals surface area contributed by atoms with Crippen molar-refractivity contribution < 1.29 is 0 Å². The van der Waals surface area contributed by atoms with Gasteiger partial charge in [-0.2, -0.15) is 0 Å². The highest BCUT2D eigenvalue weighted by molar-refractivity contribution is 7.15. The van der Waals surface area contributed by atoms with Crippen LogP contribution in [0.15, 0.2) is 49.0 Å². The number of hydrogen-bond donors (Lipinski definition) is 1. The van der Waals surface area contributed by atoms with Gasteiger partial charge in [0.1, 0.15) is 5.69 Å². The molecule has 5 rings (SSSR count). The van der Waals surface area contributed by atoms with Crippen LogP contribution >= 0.6 is 11.3 Å². The number of imidazole rings is 1. The fourth-order valence-corrected chi connectivity index (χ4v) is 5.42. The van der Waals surface area contributed by atoms with E-state index in [2.05, 4.69) is 66.0 Å². The molecule has 6 nitrogen and oxygen atoms in total. The van der Waals surface area contributed by atoms with Gasteiger partial charge in [0.15, 0.2) is 11.5 Å². The van der Waals surface area contributed by atoms with Crippen molar-refractivity contribution in [2.75, 3.05) is 38.5 Å². The Kier molecular flexibility index (Phi) is 6.01. The minimum Gasteiger partial charge on any atom is -0.339 e. The van der Waals surface area contributed by atoms with Gasteiger partial charge in [-0.1, -0.05) is 24.8 Å². The molecule has 0 unspecified atom stereocenters. The lowest BCUT2D eigenvalue weighted by Gasteiger charge is -2.32. The molecule has 1 aliphatic rings. The minimum atomic E-state index is 0.796. The van der Waals surface area contributed by atoms with Crippen LogP contribution in [0.3, 0.4) is 0 Å². The maximum atomic E-state index is 4.87. The highest BCUT2D eigenvalue weighted by Gasteiger charge is 2.16. The van der Waals surface area contributed by atoms with Gasteiger partial charge in [-0.3, -0.25) is 4.90 Å². The van der Waals surface area contributed by atoms with Crippen LogP contribution in [0.5, 0.6) is 0 Å². The summed E-state index contributed by atoms with van der Waals surface area (Å²) < 4.78 is 1.94. The lowest BCUT2D eigenvalue weighted by atomic mass is 10.2. The Morgan fingerprint density at radius 2 is 1.82 bits per heavy atom. The molecule has 33 heavy (non-hydrogen) atoms. The lowest BCUT2D eigenvalue weighted by molar-refractivity contribution is 0.148. The summed E-state index contributed by atoms with van der Waals surface area (Å²) >= 11 is 1.75. The Bertz CT molecular complexity index is 1280. The zero-order valence-electron chi connectivity index (χ0n) is 19.5. The third kappa shape index (κ3) is 4.57. The van der Waals surface area contributed by atoms with E-state index >= 15 is 0 Å². The first kappa shape index (κ1) is 21.8. The fraction of sp³-hybridized carbons (Fsp3) is 0.308. The van der Waals surface area contributed by atoms with Crippen molar-refractivity contribution in [2.45, 2.75) is 20.4 Å². The number of nitrogens with zero attached hydrogens (tertiary/aromatic N) is 5. The number of hydrogen-bond acceptors (Lipinski definition) is 6. The average molecular weight is 459 g/mol. The summed E-state index contributed by atoms with van der Waals surface area (Å²) in [6, 6.07) is 14.9. The van der Waals surface area contributed by atoms with E-state index in [1.54, 1.807) is 11.3 Å². The highest BCUT2D eigenvalue weighted by atomic mass is 32.1. The molecule has 0 atom stereocenters. The Hall–Kier alpha value is -3.00. The van der Waals surface area contributed by atoms with Crippen LogP contribution in [-0.2, 0) is 6.54 Å². The van der Waals surface area contributed by atoms with Crippen molar-refractivity contribution in [3.63, 3.8) is 0 Å². The molecule has 0 aliphatic carbocycles. The van der Waals surface area contributed by atoms with Crippen molar-refractivity contribution in [1.29, 1.82) is 0 Å². The molecular formula is C26H30N6S. The van der Waals surface area contributed by atoms with Gasteiger partial charge >= 0.3 is 0 Å². The van der Waals surface area contributed by atoms with E-state index in [0.717, 1.165) is 71.7 Å². The number of aryl methyl sites for hydroxylation is 2. The standard InChI is InChI=1S/C26H30N6S/c1-5-21-16-23(33-19(21)3)26-18(2)27-25-11-10-24(29-32(25)26)28-22-8-6-20(7-9-22)17-31-14-12-30(4)13-15-31/h5-11,16H,1,12-15,17H2,2-4H3,(H,28,29). The molecule has 0 amide bonds. The first-order valence-corrected chi connectivity index (χ1v) is 12.2. The van der Waals surface area contributed by atoms with E-state index < -0.39 is 0 Å². The molecule has 7 heteroatoms. The monoisotopic (exact) mass is 458 g/mol. The summed E-state index contributed by atoms with van der Waals surface area (Å²) in [6.45, 7) is 13.6. The first-order chi connectivity index (χ1) is 16.0. The maximum Gasteiger partial charge on any atom is 0.154 e. The zero-order valence-corrected chi connectivity index (χ0v) is 20.3. The van der Waals surface area contributed by atoms with Crippen LogP contribution in [0.2, 0.25) is 0 Å². The molecule has 0 saturated carbocycles. The molecule has 170 valence electrons. The quantitative estimate of drug-likeness (QED) is 0.430. The largest absolute Gasteiger partial charge is 0.339 e. The predicted molar refractivity (Wildman–Crippen MR) is 138 cm³/mol. The maximum absolute atomic E-state index is 4.87. The van der Waals surface area contributed by atoms with E-state index in [1.807, 2.05) is 29.6 Å². The van der Waals surface area contributed by atoms with Crippen LogP contribution in [0, 0.1) is 13.8 Å². The normalized spacial score (nSPS) is 15.2. The number of fused-ring (bicyclic) bond motifs is 1. The van der Waals surface area contributed by atoms with E-state index in [0.29, 0.717) is 0 Å². The fourth-order valence-electron chi connectivity index (χ4n) is 4.31. The van der Waals surface area contributed by atoms with Gasteiger partial charge in [-0.05, 0) is 62.4 Å². The number of piperazine rings is 1. The van der Waals surface area contributed by atoms with Crippen molar-refractivity contribution in [2.24, 2.45) is 0 Å². The second kappa shape index (κ2) is 9.09. The number of nitrogens with one attached hydrogen (secondary N) is 1. The molecule has 1 aliphatic heterocycles. The van der Waals surface area contributed by atoms with Crippen molar-refractivity contribution in [1.82, 2.24) is 24.4 Å². The van der Waals surface area contributed by atoms with Gasteiger partial charge in [0.2, 0.25) is 0 Å². The van der Waals surface area contributed by atoms with Gasteiger partial charge in [0.25, 0.3) is 0 Å². The molecular weight excluding hydrogens is 428 g/mol. The van der Waals surface area contributed by atoms with Crippen LogP contribution in [0.25, 0.3) is 22.3 Å². The molecule has 0 spiro atoms. The average Bonchev–Trinajstić information content (AvgIpc) is 3.34. The molecule has 1 fully saturated rings. The molecule has 0 radical (unpaired) electrons. The number of benzene rings is 1. The van der Waals surface area contributed by atoms with Crippen LogP contribution in [-0.4, -0.2) is 57.6 Å². The molecule has 0 bridgehead atoms. The van der Waals surface area contributed by atoms with Crippen LogP contribution in [0.1, 0.15) is 21.7 Å². The van der Waals surface area contributed by atoms with Gasteiger partial charge in [-0.15, -0.1) is 16.4 Å². The molecule has 4 aromatic rings. The number of thiophene rings is 1. The summed E-state index contributed by atoms with van der Waals surface area (Å²) in [5.41, 5.74) is 6.40. The zero-order chi connectivity index (χ0) is 22.9. The van der Waals surface area contributed by atoms with Crippen molar-refractivity contribution in [3.8, 4) is 10.6 Å². The summed E-state index contributed by atoms with van der Waals surface area (Å²) in [5.74, 6) is 0.796. The Labute approximate surface area is 199 Å². The van der Waals surface area contributed by atoms with Gasteiger partial charge in [-0.25, -0.2) is 9.50 Å². The van der Waals surface area contributed by atoms with E-state index in [4.69, 9.17) is 10.1 Å². The Morgan fingerprint density at radius 1 is 1.06 bits per heavy atom. The highest BCUT2D eigenvalue weighted by Crippen LogP contribution is 2.34. The SMILES string of the molecule is C=Cc1cc(-c2c(C)nc3ccc(Nc4ccc(CN5CCN(C)CC5)cc4)nn23)sc1C. The summed E-state index contributed by atoms with van der Waals surface area (Å²) in [6.07, 6.45) is 1.90. The molecule has 1 N–H and O–H groups in total. The topological polar surface area (TPSA) is 48.7 Å². The van der Waals surface area contributed by atoms with Crippen molar-refractivity contribution >= 4 is 34.6 Å². The summed E-state index contributed by atoms with van der Waals surface area (Å²) in [5, 5.41) is 8.32. The number of anilines is 2. The molecule has 1 saturated heterocycles.